The van der Waals surface area contributed by atoms with E-state index in [-0.39, 0.29) is 25.0 Å². The first-order valence-electron chi connectivity index (χ1n) is 7.49. The minimum Gasteiger partial charge on any atom is -0.423 e. The third kappa shape index (κ3) is 3.29. The molecule has 1 N–H and O–H groups in total. The van der Waals surface area contributed by atoms with Crippen molar-refractivity contribution in [1.82, 2.24) is 4.98 Å². The number of amides is 1. The summed E-state index contributed by atoms with van der Waals surface area (Å²) >= 11 is 7.32. The van der Waals surface area contributed by atoms with Gasteiger partial charge in [0.1, 0.15) is 6.54 Å². The van der Waals surface area contributed by atoms with Gasteiger partial charge in [-0.05, 0) is 30.3 Å². The Labute approximate surface area is 152 Å². The lowest BCUT2D eigenvalue weighted by molar-refractivity contribution is -0.133. The Bertz CT molecular complexity index is 988. The number of carbonyl (C=O) groups is 2. The maximum absolute atomic E-state index is 12.4. The van der Waals surface area contributed by atoms with Crippen molar-refractivity contribution < 1.29 is 14.3 Å². The van der Waals surface area contributed by atoms with Gasteiger partial charge in [-0.3, -0.25) is 4.79 Å². The second kappa shape index (κ2) is 6.34. The summed E-state index contributed by atoms with van der Waals surface area (Å²) in [5, 5.41) is 3.89. The fourth-order valence-electron chi connectivity index (χ4n) is 2.63. The van der Waals surface area contributed by atoms with Crippen LogP contribution < -0.4 is 15.0 Å². The minimum atomic E-state index is -0.388. The van der Waals surface area contributed by atoms with Crippen molar-refractivity contribution >= 4 is 55.8 Å². The Hall–Kier alpha value is -2.64. The van der Waals surface area contributed by atoms with Crippen LogP contribution in [0.25, 0.3) is 10.2 Å². The molecular formula is C17H12ClN3O3S. The van der Waals surface area contributed by atoms with E-state index in [2.05, 4.69) is 10.3 Å². The second-order valence-electron chi connectivity index (χ2n) is 5.48. The van der Waals surface area contributed by atoms with E-state index < -0.39 is 0 Å². The molecule has 1 aliphatic rings. The van der Waals surface area contributed by atoms with Crippen molar-refractivity contribution in [1.29, 1.82) is 0 Å². The van der Waals surface area contributed by atoms with Gasteiger partial charge in [0, 0.05) is 5.02 Å². The van der Waals surface area contributed by atoms with E-state index in [0.29, 0.717) is 21.6 Å². The van der Waals surface area contributed by atoms with E-state index in [1.165, 1.54) is 11.3 Å². The fraction of sp³-hybridized carbons (Fsp3) is 0.118. The zero-order valence-electron chi connectivity index (χ0n) is 12.9. The molecule has 0 spiro atoms. The van der Waals surface area contributed by atoms with Gasteiger partial charge in [0.2, 0.25) is 5.91 Å². The molecule has 1 amide bonds. The number of hydrogen-bond donors (Lipinski definition) is 1. The highest BCUT2D eigenvalue weighted by Crippen LogP contribution is 2.31. The molecule has 126 valence electrons. The summed E-state index contributed by atoms with van der Waals surface area (Å²) in [6.45, 7) is 0.0582. The first-order valence-corrected chi connectivity index (χ1v) is 8.68. The molecular weight excluding hydrogens is 362 g/mol. The average Bonchev–Trinajstić information content (AvgIpc) is 2.95. The third-order valence-electron chi connectivity index (χ3n) is 3.68. The van der Waals surface area contributed by atoms with Crippen LogP contribution in [0.2, 0.25) is 5.02 Å². The Morgan fingerprint density at radius 1 is 1.32 bits per heavy atom. The molecule has 3 aromatic rings. The molecule has 0 saturated carbocycles. The molecule has 0 atom stereocenters. The maximum atomic E-state index is 12.4. The maximum Gasteiger partial charge on any atom is 0.331 e. The second-order valence-corrected chi connectivity index (χ2v) is 6.94. The number of fused-ring (bicyclic) bond motifs is 2. The van der Waals surface area contributed by atoms with Gasteiger partial charge in [-0.1, -0.05) is 35.1 Å². The molecule has 0 fully saturated rings. The van der Waals surface area contributed by atoms with Crippen LogP contribution in [-0.4, -0.2) is 29.9 Å². The minimum absolute atomic E-state index is 0.0277. The highest BCUT2D eigenvalue weighted by atomic mass is 35.5. The number of anilines is 2. The molecule has 1 aromatic heterocycles. The zero-order valence-corrected chi connectivity index (χ0v) is 14.4. The van der Waals surface area contributed by atoms with Gasteiger partial charge < -0.3 is 15.0 Å². The number of hydrogen-bond acceptors (Lipinski definition) is 6. The van der Waals surface area contributed by atoms with E-state index in [1.807, 2.05) is 12.1 Å². The predicted molar refractivity (Wildman–Crippen MR) is 97.5 cm³/mol. The molecule has 4 rings (SSSR count). The fourth-order valence-corrected chi connectivity index (χ4v) is 3.78. The molecule has 0 aliphatic carbocycles. The number of thiazole rings is 1. The summed E-state index contributed by atoms with van der Waals surface area (Å²) in [5.74, 6) is -0.183. The third-order valence-corrected chi connectivity index (χ3v) is 4.85. The summed E-state index contributed by atoms with van der Waals surface area (Å²) in [4.78, 5) is 30.1. The SMILES string of the molecule is O=C(CN1CC(=O)Oc2ccccc21)Nc1nc2ccc(Cl)cc2s1. The molecule has 6 nitrogen and oxygen atoms in total. The molecule has 2 heterocycles. The number of halogens is 1. The normalized spacial score (nSPS) is 13.5. The lowest BCUT2D eigenvalue weighted by Gasteiger charge is -2.28. The monoisotopic (exact) mass is 373 g/mol. The van der Waals surface area contributed by atoms with Crippen LogP contribution in [0.15, 0.2) is 42.5 Å². The van der Waals surface area contributed by atoms with Crippen LogP contribution in [0.3, 0.4) is 0 Å². The first kappa shape index (κ1) is 15.9. The molecule has 25 heavy (non-hydrogen) atoms. The Morgan fingerprint density at radius 3 is 3.04 bits per heavy atom. The van der Waals surface area contributed by atoms with E-state index in [4.69, 9.17) is 16.3 Å². The number of carbonyl (C=O) groups excluding carboxylic acids is 2. The summed E-state index contributed by atoms with van der Waals surface area (Å²) in [5.41, 5.74) is 1.49. The van der Waals surface area contributed by atoms with Crippen LogP contribution in [-0.2, 0) is 9.59 Å². The van der Waals surface area contributed by atoms with E-state index >= 15 is 0 Å². The number of esters is 1. The van der Waals surface area contributed by atoms with E-state index in [0.717, 1.165) is 10.2 Å². The number of rotatable bonds is 3. The molecule has 0 unspecified atom stereocenters. The smallest absolute Gasteiger partial charge is 0.331 e. The average molecular weight is 374 g/mol. The van der Waals surface area contributed by atoms with Crippen LogP contribution in [0.4, 0.5) is 10.8 Å². The quantitative estimate of drug-likeness (QED) is 0.563. The zero-order chi connectivity index (χ0) is 17.4. The summed E-state index contributed by atoms with van der Waals surface area (Å²) in [7, 11) is 0. The van der Waals surface area contributed by atoms with Crippen molar-refractivity contribution in [2.24, 2.45) is 0 Å². The standard InChI is InChI=1S/C17H12ClN3O3S/c18-10-5-6-11-14(7-10)25-17(19-11)20-15(22)8-21-9-16(23)24-13-4-2-1-3-12(13)21/h1-7H,8-9H2,(H,19,20,22). The van der Waals surface area contributed by atoms with Gasteiger partial charge in [0.25, 0.3) is 0 Å². The summed E-state index contributed by atoms with van der Waals surface area (Å²) in [6.07, 6.45) is 0. The van der Waals surface area contributed by atoms with E-state index in [1.54, 1.807) is 35.2 Å². The topological polar surface area (TPSA) is 71.5 Å². The van der Waals surface area contributed by atoms with Gasteiger partial charge in [0.15, 0.2) is 10.9 Å². The van der Waals surface area contributed by atoms with Crippen LogP contribution in [0.1, 0.15) is 0 Å². The summed E-state index contributed by atoms with van der Waals surface area (Å²) in [6, 6.07) is 12.5. The molecule has 8 heteroatoms. The van der Waals surface area contributed by atoms with Crippen LogP contribution in [0.5, 0.6) is 5.75 Å². The van der Waals surface area contributed by atoms with Crippen LogP contribution in [0, 0.1) is 0 Å². The Kier molecular flexibility index (Phi) is 4.03. The Morgan fingerprint density at radius 2 is 2.16 bits per heavy atom. The highest BCUT2D eigenvalue weighted by Gasteiger charge is 2.25. The molecule has 1 aliphatic heterocycles. The van der Waals surface area contributed by atoms with Crippen molar-refractivity contribution in [3.8, 4) is 5.75 Å². The largest absolute Gasteiger partial charge is 0.423 e. The predicted octanol–water partition coefficient (Wildman–Crippen LogP) is 3.31. The lowest BCUT2D eigenvalue weighted by Crippen LogP contribution is -2.41. The Balaban J connectivity index is 1.51. The molecule has 0 saturated heterocycles. The number of benzene rings is 2. The van der Waals surface area contributed by atoms with Crippen molar-refractivity contribution in [2.75, 3.05) is 23.3 Å². The molecule has 0 bridgehead atoms. The van der Waals surface area contributed by atoms with Crippen molar-refractivity contribution in [3.05, 3.63) is 47.5 Å². The molecule has 0 radical (unpaired) electrons. The van der Waals surface area contributed by atoms with E-state index in [9.17, 15) is 9.59 Å². The van der Waals surface area contributed by atoms with Gasteiger partial charge in [-0.2, -0.15) is 0 Å². The van der Waals surface area contributed by atoms with Gasteiger partial charge in [0.05, 0.1) is 22.4 Å². The highest BCUT2D eigenvalue weighted by molar-refractivity contribution is 7.22. The van der Waals surface area contributed by atoms with Gasteiger partial charge in [-0.15, -0.1) is 0 Å². The summed E-state index contributed by atoms with van der Waals surface area (Å²) < 4.78 is 6.08. The van der Waals surface area contributed by atoms with Gasteiger partial charge >= 0.3 is 5.97 Å². The van der Waals surface area contributed by atoms with Crippen molar-refractivity contribution in [2.45, 2.75) is 0 Å². The number of para-hydroxylation sites is 2. The number of aromatic nitrogens is 1. The molecule has 2 aromatic carbocycles. The lowest BCUT2D eigenvalue weighted by atomic mass is 10.2. The first-order chi connectivity index (χ1) is 12.1. The van der Waals surface area contributed by atoms with Gasteiger partial charge in [-0.25, -0.2) is 9.78 Å². The van der Waals surface area contributed by atoms with Crippen LogP contribution >= 0.6 is 22.9 Å². The number of nitrogens with one attached hydrogen (secondary N) is 1. The number of ether oxygens (including phenoxy) is 1. The number of nitrogens with zero attached hydrogens (tertiary/aromatic N) is 2. The van der Waals surface area contributed by atoms with Crippen molar-refractivity contribution in [3.63, 3.8) is 0 Å².